The first-order valence-electron chi connectivity index (χ1n) is 11.8. The fourth-order valence-electron chi connectivity index (χ4n) is 3.62. The van der Waals surface area contributed by atoms with Crippen LogP contribution in [0.3, 0.4) is 0 Å². The van der Waals surface area contributed by atoms with Crippen molar-refractivity contribution in [3.05, 3.63) is 89.9 Å². The second-order valence-corrected chi connectivity index (χ2v) is 8.52. The molecule has 0 saturated carbocycles. The predicted octanol–water partition coefficient (Wildman–Crippen LogP) is 6.20. The van der Waals surface area contributed by atoms with E-state index in [-0.39, 0.29) is 30.7 Å². The predicted molar refractivity (Wildman–Crippen MR) is 131 cm³/mol. The van der Waals surface area contributed by atoms with Crippen LogP contribution in [0.25, 0.3) is 0 Å². The molecule has 1 aromatic heterocycles. The first-order valence-corrected chi connectivity index (χ1v) is 11.8. The summed E-state index contributed by atoms with van der Waals surface area (Å²) >= 11 is 0. The third-order valence-electron chi connectivity index (χ3n) is 5.95. The summed E-state index contributed by atoms with van der Waals surface area (Å²) in [6.07, 6.45) is -1.70. The minimum absolute atomic E-state index is 0.184. The molecular formula is C27H30F3N3O3. The van der Waals surface area contributed by atoms with Crippen LogP contribution in [0.5, 0.6) is 0 Å². The van der Waals surface area contributed by atoms with Gasteiger partial charge in [-0.05, 0) is 61.7 Å². The second kappa shape index (κ2) is 12.3. The quantitative estimate of drug-likeness (QED) is 0.360. The number of nitrogens with one attached hydrogen (secondary N) is 1. The van der Waals surface area contributed by atoms with Crippen molar-refractivity contribution in [2.75, 3.05) is 18.4 Å². The Morgan fingerprint density at radius 3 is 2.28 bits per heavy atom. The monoisotopic (exact) mass is 501 g/mol. The van der Waals surface area contributed by atoms with Crippen molar-refractivity contribution in [2.45, 2.75) is 45.5 Å². The van der Waals surface area contributed by atoms with E-state index in [1.807, 2.05) is 44.2 Å². The largest absolute Gasteiger partial charge is 0.467 e. The highest BCUT2D eigenvalue weighted by atomic mass is 19.4. The van der Waals surface area contributed by atoms with Gasteiger partial charge in [0.25, 0.3) is 0 Å². The Bertz CT molecular complexity index is 1100. The number of hydrogen-bond donors (Lipinski definition) is 1. The lowest BCUT2D eigenvalue weighted by Crippen LogP contribution is -2.48. The van der Waals surface area contributed by atoms with Gasteiger partial charge >= 0.3 is 12.2 Å². The fraction of sp³-hybridized carbons (Fsp3) is 0.333. The lowest BCUT2D eigenvalue weighted by atomic mass is 10.1. The van der Waals surface area contributed by atoms with Gasteiger partial charge < -0.3 is 19.5 Å². The van der Waals surface area contributed by atoms with Crippen LogP contribution >= 0.6 is 0 Å². The smallest absolute Gasteiger partial charge is 0.416 e. The minimum Gasteiger partial charge on any atom is -0.467 e. The number of carbonyl (C=O) groups is 2. The molecule has 3 rings (SSSR count). The van der Waals surface area contributed by atoms with E-state index < -0.39 is 17.8 Å². The van der Waals surface area contributed by atoms with Crippen molar-refractivity contribution in [2.24, 2.45) is 0 Å². The molecule has 1 atom stereocenters. The van der Waals surface area contributed by atoms with Gasteiger partial charge in [-0.25, -0.2) is 4.79 Å². The van der Waals surface area contributed by atoms with Crippen molar-refractivity contribution in [3.63, 3.8) is 0 Å². The Morgan fingerprint density at radius 2 is 1.69 bits per heavy atom. The van der Waals surface area contributed by atoms with Crippen LogP contribution in [-0.2, 0) is 23.9 Å². The summed E-state index contributed by atoms with van der Waals surface area (Å²) in [7, 11) is 0. The molecule has 1 N–H and O–H groups in total. The van der Waals surface area contributed by atoms with E-state index in [1.165, 1.54) is 23.3 Å². The lowest BCUT2D eigenvalue weighted by Gasteiger charge is -2.31. The number of furan rings is 1. The number of hydrogen-bond acceptors (Lipinski definition) is 3. The molecule has 0 bridgehead atoms. The van der Waals surface area contributed by atoms with E-state index in [4.69, 9.17) is 4.42 Å². The number of anilines is 1. The zero-order chi connectivity index (χ0) is 26.1. The Morgan fingerprint density at radius 1 is 1.00 bits per heavy atom. The third-order valence-corrected chi connectivity index (χ3v) is 5.95. The minimum atomic E-state index is -4.46. The van der Waals surface area contributed by atoms with E-state index in [2.05, 4.69) is 5.32 Å². The Balaban J connectivity index is 1.72. The summed E-state index contributed by atoms with van der Waals surface area (Å²) in [4.78, 5) is 29.5. The van der Waals surface area contributed by atoms with Gasteiger partial charge in [-0.3, -0.25) is 4.79 Å². The zero-order valence-electron chi connectivity index (χ0n) is 20.3. The van der Waals surface area contributed by atoms with E-state index in [0.29, 0.717) is 25.1 Å². The Labute approximate surface area is 208 Å². The summed E-state index contributed by atoms with van der Waals surface area (Å²) in [5.41, 5.74) is 0.486. The van der Waals surface area contributed by atoms with Crippen molar-refractivity contribution in [1.29, 1.82) is 0 Å². The fourth-order valence-corrected chi connectivity index (χ4v) is 3.62. The van der Waals surface area contributed by atoms with Gasteiger partial charge in [-0.15, -0.1) is 0 Å². The van der Waals surface area contributed by atoms with Gasteiger partial charge in [-0.2, -0.15) is 13.2 Å². The van der Waals surface area contributed by atoms with Gasteiger partial charge in [0.2, 0.25) is 5.91 Å². The molecule has 0 radical (unpaired) electrons. The van der Waals surface area contributed by atoms with Crippen LogP contribution in [0.2, 0.25) is 0 Å². The average Bonchev–Trinajstić information content (AvgIpc) is 3.38. The van der Waals surface area contributed by atoms with Crippen LogP contribution in [0.15, 0.2) is 77.4 Å². The maximum atomic E-state index is 13.4. The number of rotatable bonds is 10. The van der Waals surface area contributed by atoms with Crippen LogP contribution in [0, 0.1) is 0 Å². The van der Waals surface area contributed by atoms with Gasteiger partial charge in [0.1, 0.15) is 12.3 Å². The molecule has 1 unspecified atom stereocenters. The van der Waals surface area contributed by atoms with Gasteiger partial charge in [0.05, 0.1) is 18.4 Å². The van der Waals surface area contributed by atoms with Crippen LogP contribution < -0.4 is 5.32 Å². The summed E-state index contributed by atoms with van der Waals surface area (Å²) in [6.45, 7) is 4.22. The highest BCUT2D eigenvalue weighted by molar-refractivity contribution is 5.92. The molecular weight excluding hydrogens is 471 g/mol. The maximum absolute atomic E-state index is 13.4. The number of alkyl halides is 3. The molecule has 0 aliphatic rings. The summed E-state index contributed by atoms with van der Waals surface area (Å²) in [5, 5.41) is 2.61. The normalized spacial score (nSPS) is 12.1. The molecule has 0 saturated heterocycles. The molecule has 3 aromatic rings. The molecule has 0 spiro atoms. The molecule has 0 aliphatic heterocycles. The molecule has 9 heteroatoms. The van der Waals surface area contributed by atoms with E-state index in [1.54, 1.807) is 17.0 Å². The third kappa shape index (κ3) is 7.63. The van der Waals surface area contributed by atoms with Crippen molar-refractivity contribution in [1.82, 2.24) is 9.80 Å². The van der Waals surface area contributed by atoms with Crippen LogP contribution in [0.1, 0.15) is 37.2 Å². The molecule has 0 fully saturated rings. The molecule has 0 aliphatic carbocycles. The molecule has 192 valence electrons. The molecule has 2 aromatic carbocycles. The molecule has 36 heavy (non-hydrogen) atoms. The number of urea groups is 1. The summed E-state index contributed by atoms with van der Waals surface area (Å²) in [5.74, 6) is 0.367. The van der Waals surface area contributed by atoms with Crippen LogP contribution in [0.4, 0.5) is 23.7 Å². The van der Waals surface area contributed by atoms with E-state index in [0.717, 1.165) is 17.7 Å². The number of halogens is 3. The first-order chi connectivity index (χ1) is 17.2. The van der Waals surface area contributed by atoms with Crippen LogP contribution in [-0.4, -0.2) is 40.9 Å². The van der Waals surface area contributed by atoms with Crippen molar-refractivity contribution in [3.8, 4) is 0 Å². The molecule has 1 heterocycles. The summed E-state index contributed by atoms with van der Waals surface area (Å²) < 4.78 is 44.0. The van der Waals surface area contributed by atoms with Crippen molar-refractivity contribution >= 4 is 17.6 Å². The molecule has 6 nitrogen and oxygen atoms in total. The number of amides is 3. The summed E-state index contributed by atoms with van der Waals surface area (Å²) in [6, 6.07) is 16.7. The van der Waals surface area contributed by atoms with Gasteiger partial charge in [0.15, 0.2) is 0 Å². The Hall–Kier alpha value is -3.75. The van der Waals surface area contributed by atoms with Gasteiger partial charge in [0, 0.05) is 18.3 Å². The topological polar surface area (TPSA) is 65.8 Å². The number of nitrogens with zero attached hydrogens (tertiary/aromatic N) is 2. The zero-order valence-corrected chi connectivity index (χ0v) is 20.3. The second-order valence-electron chi connectivity index (χ2n) is 8.52. The Kier molecular flexibility index (Phi) is 9.16. The van der Waals surface area contributed by atoms with E-state index in [9.17, 15) is 22.8 Å². The lowest BCUT2D eigenvalue weighted by molar-refractivity contribution is -0.137. The number of carbonyl (C=O) groups excluding carboxylic acids is 2. The standard InChI is InChI=1S/C27H30F3N3O3/c1-3-20(2)33(26(35)31-23-13-11-22(12-14-23)27(28,29)30)19-25(34)32(18-24-10-7-17-36-24)16-15-21-8-5-4-6-9-21/h4-14,17,20H,3,15-16,18-19H2,1-2H3,(H,31,35). The van der Waals surface area contributed by atoms with Crippen molar-refractivity contribution < 1.29 is 27.2 Å². The highest BCUT2D eigenvalue weighted by Gasteiger charge is 2.30. The average molecular weight is 502 g/mol. The van der Waals surface area contributed by atoms with Gasteiger partial charge in [-0.1, -0.05) is 37.3 Å². The maximum Gasteiger partial charge on any atom is 0.416 e. The number of benzene rings is 2. The molecule has 3 amide bonds. The SMILES string of the molecule is CCC(C)N(CC(=O)N(CCc1ccccc1)Cc1ccco1)C(=O)Nc1ccc(C(F)(F)F)cc1. The first kappa shape index (κ1) is 26.8. The van der Waals surface area contributed by atoms with E-state index >= 15 is 0 Å². The highest BCUT2D eigenvalue weighted by Crippen LogP contribution is 2.30.